The van der Waals surface area contributed by atoms with Crippen molar-refractivity contribution in [2.24, 2.45) is 0 Å². The van der Waals surface area contributed by atoms with Gasteiger partial charge in [-0.05, 0) is 6.07 Å². The van der Waals surface area contributed by atoms with Crippen LogP contribution in [0.4, 0.5) is 0 Å². The van der Waals surface area contributed by atoms with Gasteiger partial charge in [0.25, 0.3) is 0 Å². The standard InChI is InChI=1S/C52H33GeN3S/c1-4-18-34(19-5-1)50-49-51(37-24-10-14-28-41(37)53(49,35-20-6-2-7-21-35)36-22-8-3-9-23-36)55-52(54-50)39-26-12-16-30-43(39)56-42-29-15-11-25-38(42)47-44(56)32-33-46-48(47)40-27-13-17-31-45(40)57-46/h1-33H. The minimum atomic E-state index is -3.67. The molecule has 0 fully saturated rings. The van der Waals surface area contributed by atoms with Crippen molar-refractivity contribution < 1.29 is 0 Å². The molecular formula is C52H33GeN3S. The van der Waals surface area contributed by atoms with Gasteiger partial charge < -0.3 is 0 Å². The third-order valence-electron chi connectivity index (χ3n) is 11.9. The zero-order chi connectivity index (χ0) is 37.5. The van der Waals surface area contributed by atoms with Crippen molar-refractivity contribution in [1.29, 1.82) is 0 Å². The summed E-state index contributed by atoms with van der Waals surface area (Å²) in [4.78, 5) is 11.5. The predicted molar refractivity (Wildman–Crippen MR) is 243 cm³/mol. The second kappa shape index (κ2) is 12.7. The number of hydrogen-bond donors (Lipinski definition) is 0. The third kappa shape index (κ3) is 4.66. The Hall–Kier alpha value is -6.60. The van der Waals surface area contributed by atoms with E-state index >= 15 is 0 Å². The van der Waals surface area contributed by atoms with E-state index in [1.54, 1.807) is 0 Å². The summed E-state index contributed by atoms with van der Waals surface area (Å²) in [6.45, 7) is 0. The van der Waals surface area contributed by atoms with Crippen LogP contribution in [-0.2, 0) is 0 Å². The second-order valence-corrected chi connectivity index (χ2v) is 23.6. The number of aromatic nitrogens is 3. The Morgan fingerprint density at radius 3 is 1.79 bits per heavy atom. The Labute approximate surface area is 336 Å². The Morgan fingerprint density at radius 1 is 0.421 bits per heavy atom. The van der Waals surface area contributed by atoms with Crippen LogP contribution in [0.1, 0.15) is 0 Å². The van der Waals surface area contributed by atoms with E-state index in [4.69, 9.17) is 9.97 Å². The van der Waals surface area contributed by atoms with E-state index in [2.05, 4.69) is 205 Å². The summed E-state index contributed by atoms with van der Waals surface area (Å²) in [7, 11) is 0. The second-order valence-electron chi connectivity index (χ2n) is 14.8. The van der Waals surface area contributed by atoms with Gasteiger partial charge in [0.2, 0.25) is 0 Å². The molecule has 0 amide bonds. The molecular weight excluding hydrogens is 771 g/mol. The molecule has 57 heavy (non-hydrogen) atoms. The first-order chi connectivity index (χ1) is 28.3. The van der Waals surface area contributed by atoms with Crippen molar-refractivity contribution in [2.75, 3.05) is 0 Å². The molecule has 5 heteroatoms. The molecule has 0 saturated heterocycles. The maximum atomic E-state index is 5.75. The molecule has 0 bridgehead atoms. The van der Waals surface area contributed by atoms with Crippen LogP contribution in [0.15, 0.2) is 200 Å². The van der Waals surface area contributed by atoms with Crippen LogP contribution in [0, 0.1) is 0 Å². The SMILES string of the molecule is c1ccc(-c2nc(-c3ccccc3-n3c4ccccc4c4c5c(ccc43)sc3ccccc35)nc3[c]2[Ge]([c]2ccccc2)([c]2ccccc2)[c]2ccccc2-3)cc1. The molecule has 266 valence electrons. The van der Waals surface area contributed by atoms with Gasteiger partial charge in [0, 0.05) is 0 Å². The van der Waals surface area contributed by atoms with Crippen LogP contribution in [0.3, 0.4) is 0 Å². The van der Waals surface area contributed by atoms with Gasteiger partial charge >= 0.3 is 320 Å². The fourth-order valence-electron chi connectivity index (χ4n) is 9.62. The minimum absolute atomic E-state index is 0.727. The number of fused-ring (bicyclic) bond motifs is 10. The van der Waals surface area contributed by atoms with Gasteiger partial charge in [-0.1, -0.05) is 12.1 Å². The molecule has 4 heterocycles. The molecule has 11 aromatic rings. The van der Waals surface area contributed by atoms with E-state index in [0.29, 0.717) is 0 Å². The Balaban J connectivity index is 1.19. The van der Waals surface area contributed by atoms with E-state index in [1.807, 2.05) is 11.3 Å². The van der Waals surface area contributed by atoms with E-state index in [9.17, 15) is 0 Å². The van der Waals surface area contributed by atoms with Crippen LogP contribution < -0.4 is 17.6 Å². The first-order valence-electron chi connectivity index (χ1n) is 19.4. The fraction of sp³-hybridized carbons (Fsp3) is 0. The van der Waals surface area contributed by atoms with Gasteiger partial charge in [0.05, 0.1) is 0 Å². The van der Waals surface area contributed by atoms with E-state index in [-0.39, 0.29) is 0 Å². The van der Waals surface area contributed by atoms with Gasteiger partial charge in [0.1, 0.15) is 0 Å². The van der Waals surface area contributed by atoms with Gasteiger partial charge in [0.15, 0.2) is 0 Å². The molecule has 8 aromatic carbocycles. The summed E-state index contributed by atoms with van der Waals surface area (Å²) in [5.74, 6) is 0.727. The molecule has 0 saturated carbocycles. The van der Waals surface area contributed by atoms with Crippen LogP contribution in [-0.4, -0.2) is 27.8 Å². The predicted octanol–water partition coefficient (Wildman–Crippen LogP) is 10.6. The molecule has 3 nitrogen and oxygen atoms in total. The molecule has 0 N–H and O–H groups in total. The fourth-order valence-corrected chi connectivity index (χ4v) is 21.7. The topological polar surface area (TPSA) is 30.7 Å². The Kier molecular flexibility index (Phi) is 7.28. The van der Waals surface area contributed by atoms with Crippen molar-refractivity contribution in [2.45, 2.75) is 0 Å². The third-order valence-corrected chi connectivity index (χ3v) is 23.2. The first-order valence-corrected chi connectivity index (χ1v) is 24.4. The quantitative estimate of drug-likeness (QED) is 0.162. The van der Waals surface area contributed by atoms with Gasteiger partial charge in [-0.15, -0.1) is 0 Å². The number of hydrogen-bond acceptors (Lipinski definition) is 3. The molecule has 0 radical (unpaired) electrons. The Morgan fingerprint density at radius 2 is 1.02 bits per heavy atom. The average Bonchev–Trinajstić information content (AvgIpc) is 3.93. The van der Waals surface area contributed by atoms with Crippen molar-refractivity contribution in [3.8, 4) is 39.6 Å². The number of rotatable bonds is 5. The van der Waals surface area contributed by atoms with E-state index < -0.39 is 13.3 Å². The van der Waals surface area contributed by atoms with Crippen LogP contribution >= 0.6 is 11.3 Å². The molecule has 0 spiro atoms. The van der Waals surface area contributed by atoms with Gasteiger partial charge in [-0.2, -0.15) is 0 Å². The summed E-state index contributed by atoms with van der Waals surface area (Å²) >= 11 is -1.81. The zero-order valence-electron chi connectivity index (χ0n) is 30.8. The summed E-state index contributed by atoms with van der Waals surface area (Å²) in [5, 5.41) is 5.15. The molecule has 12 rings (SSSR count). The maximum absolute atomic E-state index is 5.75. The Bertz CT molecular complexity index is 3310. The van der Waals surface area contributed by atoms with Crippen LogP contribution in [0.2, 0.25) is 0 Å². The van der Waals surface area contributed by atoms with E-state index in [1.165, 1.54) is 65.1 Å². The summed E-state index contributed by atoms with van der Waals surface area (Å²) in [6.07, 6.45) is 0. The first kappa shape index (κ1) is 32.6. The summed E-state index contributed by atoms with van der Waals surface area (Å²) in [5.41, 5.74) is 8.78. The van der Waals surface area contributed by atoms with Crippen molar-refractivity contribution in [3.63, 3.8) is 0 Å². The zero-order valence-corrected chi connectivity index (χ0v) is 33.7. The summed E-state index contributed by atoms with van der Waals surface area (Å²) < 4.78 is 10.5. The van der Waals surface area contributed by atoms with E-state index in [0.717, 1.165) is 34.0 Å². The van der Waals surface area contributed by atoms with Crippen molar-refractivity contribution in [3.05, 3.63) is 200 Å². The van der Waals surface area contributed by atoms with Crippen molar-refractivity contribution >= 4 is 84.2 Å². The van der Waals surface area contributed by atoms with Gasteiger partial charge in [-0.3, -0.25) is 0 Å². The molecule has 1 aliphatic rings. The van der Waals surface area contributed by atoms with Crippen LogP contribution in [0.5, 0.6) is 0 Å². The monoisotopic (exact) mass is 805 g/mol. The summed E-state index contributed by atoms with van der Waals surface area (Å²) in [6, 6.07) is 73.2. The number of thiophene rings is 1. The number of para-hydroxylation sites is 2. The molecule has 3 aromatic heterocycles. The molecule has 0 aliphatic carbocycles. The number of nitrogens with zero attached hydrogens (tertiary/aromatic N) is 3. The average molecular weight is 805 g/mol. The van der Waals surface area contributed by atoms with Gasteiger partial charge in [-0.25, -0.2) is 0 Å². The normalized spacial score (nSPS) is 13.1. The van der Waals surface area contributed by atoms with Crippen LogP contribution in [0.25, 0.3) is 81.6 Å². The molecule has 0 atom stereocenters. The number of benzene rings is 8. The van der Waals surface area contributed by atoms with Crippen molar-refractivity contribution in [1.82, 2.24) is 14.5 Å². The molecule has 0 unspecified atom stereocenters. The molecule has 1 aliphatic heterocycles.